The highest BCUT2D eigenvalue weighted by atomic mass is 35.5. The summed E-state index contributed by atoms with van der Waals surface area (Å²) in [5.74, 6) is -1.51. The molecular weight excluding hydrogens is 299 g/mol. The Balaban J connectivity index is 2.12. The van der Waals surface area contributed by atoms with E-state index in [9.17, 15) is 0 Å². The number of hydrogen-bond acceptors (Lipinski definition) is 4. The summed E-state index contributed by atoms with van der Waals surface area (Å²) >= 11 is 7.60. The van der Waals surface area contributed by atoms with Gasteiger partial charge in [-0.25, -0.2) is 9.37 Å². The Bertz CT molecular complexity index is 614. The van der Waals surface area contributed by atoms with Crippen LogP contribution >= 0.6 is 22.9 Å². The molecule has 1 fully saturated rings. The first kappa shape index (κ1) is 14.2. The van der Waals surface area contributed by atoms with Crippen LogP contribution in [0.2, 0.25) is 5.02 Å². The minimum absolute atomic E-state index is 0.375. The first-order valence-corrected chi connectivity index (χ1v) is 7.96. The average molecular weight is 315 g/mol. The predicted octanol–water partition coefficient (Wildman–Crippen LogP) is 3.81. The Morgan fingerprint density at radius 3 is 2.90 bits per heavy atom. The highest BCUT2D eigenvalue weighted by Gasteiger charge is 2.39. The molecular formula is C14H16ClFN2OS. The Morgan fingerprint density at radius 1 is 1.45 bits per heavy atom. The largest absolute Gasteiger partial charge is 0.379 e. The standard InChI is InChI=1S/C14H16ClFN2OS/c1-2-14(16,18-3-5-19-6-4-18)11-7-10(15)8-12-13(11)20-9-17-12/h7-9H,2-6H2,1H3. The summed E-state index contributed by atoms with van der Waals surface area (Å²) in [6.07, 6.45) is 0.375. The van der Waals surface area contributed by atoms with Gasteiger partial charge in [-0.15, -0.1) is 11.3 Å². The minimum atomic E-state index is -1.51. The van der Waals surface area contributed by atoms with Gasteiger partial charge < -0.3 is 4.74 Å². The van der Waals surface area contributed by atoms with Gasteiger partial charge >= 0.3 is 0 Å². The van der Waals surface area contributed by atoms with Gasteiger partial charge in [0.25, 0.3) is 0 Å². The third-order valence-electron chi connectivity index (χ3n) is 3.79. The fraction of sp³-hybridized carbons (Fsp3) is 0.500. The molecule has 0 radical (unpaired) electrons. The van der Waals surface area contributed by atoms with Crippen LogP contribution in [0.15, 0.2) is 17.6 Å². The molecule has 108 valence electrons. The summed E-state index contributed by atoms with van der Waals surface area (Å²) in [4.78, 5) is 6.11. The van der Waals surface area contributed by atoms with Crippen molar-refractivity contribution in [3.05, 3.63) is 28.2 Å². The van der Waals surface area contributed by atoms with Crippen molar-refractivity contribution in [3.8, 4) is 0 Å². The van der Waals surface area contributed by atoms with Crippen molar-refractivity contribution in [1.29, 1.82) is 0 Å². The Kier molecular flexibility index (Phi) is 3.95. The normalized spacial score (nSPS) is 20.1. The molecule has 1 unspecified atom stereocenters. The van der Waals surface area contributed by atoms with E-state index in [4.69, 9.17) is 16.3 Å². The van der Waals surface area contributed by atoms with Gasteiger partial charge in [0.15, 0.2) is 5.79 Å². The van der Waals surface area contributed by atoms with E-state index < -0.39 is 5.79 Å². The lowest BCUT2D eigenvalue weighted by atomic mass is 9.98. The van der Waals surface area contributed by atoms with Crippen LogP contribution in [0.25, 0.3) is 10.2 Å². The fourth-order valence-electron chi connectivity index (χ4n) is 2.72. The smallest absolute Gasteiger partial charge is 0.191 e. The second kappa shape index (κ2) is 5.56. The van der Waals surface area contributed by atoms with Gasteiger partial charge in [0.1, 0.15) is 0 Å². The first-order valence-electron chi connectivity index (χ1n) is 6.70. The van der Waals surface area contributed by atoms with E-state index in [1.54, 1.807) is 17.6 Å². The van der Waals surface area contributed by atoms with E-state index in [2.05, 4.69) is 4.98 Å². The molecule has 1 atom stereocenters. The van der Waals surface area contributed by atoms with Crippen LogP contribution in [0.1, 0.15) is 18.9 Å². The molecule has 2 aromatic rings. The molecule has 1 saturated heterocycles. The van der Waals surface area contributed by atoms with Crippen LogP contribution in [-0.2, 0) is 10.5 Å². The number of morpholine rings is 1. The van der Waals surface area contributed by atoms with Crippen molar-refractivity contribution in [2.75, 3.05) is 26.3 Å². The molecule has 3 rings (SSSR count). The molecule has 20 heavy (non-hydrogen) atoms. The maximum absolute atomic E-state index is 15.7. The van der Waals surface area contributed by atoms with E-state index in [0.717, 1.165) is 10.2 Å². The highest BCUT2D eigenvalue weighted by molar-refractivity contribution is 7.17. The van der Waals surface area contributed by atoms with Gasteiger partial charge in [-0.3, -0.25) is 4.90 Å². The molecule has 1 aliphatic rings. The molecule has 0 bridgehead atoms. The lowest BCUT2D eigenvalue weighted by Gasteiger charge is -2.39. The fourth-order valence-corrected chi connectivity index (χ4v) is 3.78. The Hall–Kier alpha value is -0.750. The summed E-state index contributed by atoms with van der Waals surface area (Å²) in [6, 6.07) is 3.52. The Morgan fingerprint density at radius 2 is 2.20 bits per heavy atom. The maximum Gasteiger partial charge on any atom is 0.191 e. The lowest BCUT2D eigenvalue weighted by molar-refractivity contribution is -0.0944. The number of nitrogens with zero attached hydrogens (tertiary/aromatic N) is 2. The summed E-state index contributed by atoms with van der Waals surface area (Å²) in [5, 5.41) is 0.530. The van der Waals surface area contributed by atoms with Crippen LogP contribution in [-0.4, -0.2) is 36.2 Å². The molecule has 3 nitrogen and oxygen atoms in total. The number of ether oxygens (including phenoxy) is 1. The van der Waals surface area contributed by atoms with Crippen LogP contribution in [0.3, 0.4) is 0 Å². The number of rotatable bonds is 3. The van der Waals surface area contributed by atoms with Gasteiger partial charge in [0.2, 0.25) is 0 Å². The van der Waals surface area contributed by atoms with Crippen LogP contribution in [0, 0.1) is 0 Å². The van der Waals surface area contributed by atoms with Gasteiger partial charge in [-0.1, -0.05) is 18.5 Å². The first-order chi connectivity index (χ1) is 9.65. The number of aromatic nitrogens is 1. The molecule has 1 aromatic carbocycles. The summed E-state index contributed by atoms with van der Waals surface area (Å²) < 4.78 is 21.9. The number of benzene rings is 1. The van der Waals surface area contributed by atoms with E-state index >= 15 is 4.39 Å². The predicted molar refractivity (Wildman–Crippen MR) is 80.1 cm³/mol. The molecule has 0 N–H and O–H groups in total. The minimum Gasteiger partial charge on any atom is -0.379 e. The third kappa shape index (κ3) is 2.33. The van der Waals surface area contributed by atoms with E-state index in [-0.39, 0.29) is 0 Å². The van der Waals surface area contributed by atoms with Crippen LogP contribution in [0.4, 0.5) is 4.39 Å². The third-order valence-corrected chi connectivity index (χ3v) is 4.88. The zero-order chi connectivity index (χ0) is 14.2. The summed E-state index contributed by atoms with van der Waals surface area (Å²) in [7, 11) is 0. The molecule has 0 amide bonds. The van der Waals surface area contributed by atoms with E-state index in [1.165, 1.54) is 11.3 Å². The number of alkyl halides is 1. The summed E-state index contributed by atoms with van der Waals surface area (Å²) in [6.45, 7) is 4.19. The maximum atomic E-state index is 15.7. The summed E-state index contributed by atoms with van der Waals surface area (Å²) in [5.41, 5.74) is 3.13. The molecule has 2 heterocycles. The van der Waals surface area contributed by atoms with Crippen molar-refractivity contribution >= 4 is 33.2 Å². The molecule has 0 aliphatic carbocycles. The molecule has 1 aliphatic heterocycles. The Labute approximate surface area is 126 Å². The number of hydrogen-bond donors (Lipinski definition) is 0. The van der Waals surface area contributed by atoms with Crippen molar-refractivity contribution < 1.29 is 9.13 Å². The van der Waals surface area contributed by atoms with Crippen molar-refractivity contribution in [3.63, 3.8) is 0 Å². The monoisotopic (exact) mass is 314 g/mol. The number of thiazole rings is 1. The second-order valence-electron chi connectivity index (χ2n) is 4.87. The topological polar surface area (TPSA) is 25.4 Å². The van der Waals surface area contributed by atoms with Gasteiger partial charge in [0.05, 0.1) is 28.9 Å². The van der Waals surface area contributed by atoms with Crippen molar-refractivity contribution in [2.45, 2.75) is 19.1 Å². The van der Waals surface area contributed by atoms with E-state index in [1.807, 2.05) is 11.8 Å². The van der Waals surface area contributed by atoms with Gasteiger partial charge in [0, 0.05) is 23.7 Å². The molecule has 6 heteroatoms. The SMILES string of the molecule is CCC(F)(c1cc(Cl)cc2ncsc12)N1CCOCC1. The zero-order valence-electron chi connectivity index (χ0n) is 11.2. The van der Waals surface area contributed by atoms with Gasteiger partial charge in [-0.05, 0) is 18.6 Å². The molecule has 0 spiro atoms. The van der Waals surface area contributed by atoms with E-state index in [0.29, 0.717) is 43.3 Å². The molecule has 1 aromatic heterocycles. The molecule has 0 saturated carbocycles. The highest BCUT2D eigenvalue weighted by Crippen LogP contribution is 2.41. The van der Waals surface area contributed by atoms with Crippen molar-refractivity contribution in [1.82, 2.24) is 9.88 Å². The average Bonchev–Trinajstić information content (AvgIpc) is 2.94. The quantitative estimate of drug-likeness (QED) is 0.805. The number of halogens is 2. The zero-order valence-corrected chi connectivity index (χ0v) is 12.8. The van der Waals surface area contributed by atoms with Crippen LogP contribution < -0.4 is 0 Å². The second-order valence-corrected chi connectivity index (χ2v) is 6.16. The van der Waals surface area contributed by atoms with Gasteiger partial charge in [-0.2, -0.15) is 0 Å². The number of fused-ring (bicyclic) bond motifs is 1. The van der Waals surface area contributed by atoms with Crippen LogP contribution in [0.5, 0.6) is 0 Å². The van der Waals surface area contributed by atoms with Crippen molar-refractivity contribution in [2.24, 2.45) is 0 Å². The lowest BCUT2D eigenvalue weighted by Crippen LogP contribution is -2.48.